The summed E-state index contributed by atoms with van der Waals surface area (Å²) in [5, 5.41) is 14.8. The Morgan fingerprint density at radius 1 is 1.41 bits per heavy atom. The Kier molecular flexibility index (Phi) is 4.78. The highest BCUT2D eigenvalue weighted by molar-refractivity contribution is 6.30. The first-order valence-electron chi connectivity index (χ1n) is 5.02. The van der Waals surface area contributed by atoms with Crippen LogP contribution in [0.2, 0.25) is 5.02 Å². The van der Waals surface area contributed by atoms with E-state index in [4.69, 9.17) is 11.6 Å². The summed E-state index contributed by atoms with van der Waals surface area (Å²) >= 11 is 5.64. The molecular weight excluding hydrogens is 244 g/mol. The molecule has 17 heavy (non-hydrogen) atoms. The van der Waals surface area contributed by atoms with Gasteiger partial charge in [-0.05, 0) is 18.2 Å². The lowest BCUT2D eigenvalue weighted by molar-refractivity contribution is -0.120. The Morgan fingerprint density at radius 2 is 2.12 bits per heavy atom. The van der Waals surface area contributed by atoms with E-state index in [0.717, 1.165) is 0 Å². The van der Waals surface area contributed by atoms with E-state index in [9.17, 15) is 14.7 Å². The van der Waals surface area contributed by atoms with E-state index in [2.05, 4.69) is 10.6 Å². The van der Waals surface area contributed by atoms with Crippen LogP contribution >= 0.6 is 11.6 Å². The maximum Gasteiger partial charge on any atom is 0.255 e. The number of benzene rings is 1. The molecule has 3 N–H and O–H groups in total. The van der Waals surface area contributed by atoms with Crippen LogP contribution in [0.5, 0.6) is 5.75 Å². The van der Waals surface area contributed by atoms with Crippen LogP contribution in [0.1, 0.15) is 16.8 Å². The number of carbonyl (C=O) groups is 2. The molecule has 1 rings (SSSR count). The van der Waals surface area contributed by atoms with Gasteiger partial charge in [-0.2, -0.15) is 0 Å². The predicted molar refractivity (Wildman–Crippen MR) is 64.1 cm³/mol. The molecule has 0 aliphatic rings. The summed E-state index contributed by atoms with van der Waals surface area (Å²) in [5.74, 6) is -0.788. The molecular formula is C11H13ClN2O3. The Bertz CT molecular complexity index is 435. The number of hydrogen-bond donors (Lipinski definition) is 3. The average Bonchev–Trinajstić information content (AvgIpc) is 2.28. The highest BCUT2D eigenvalue weighted by Crippen LogP contribution is 2.21. The molecule has 0 bridgehead atoms. The van der Waals surface area contributed by atoms with Crippen molar-refractivity contribution in [2.75, 3.05) is 13.6 Å². The van der Waals surface area contributed by atoms with Gasteiger partial charge in [0.1, 0.15) is 5.75 Å². The van der Waals surface area contributed by atoms with E-state index in [1.54, 1.807) is 0 Å². The zero-order valence-electron chi connectivity index (χ0n) is 9.29. The lowest BCUT2D eigenvalue weighted by Gasteiger charge is -2.06. The first kappa shape index (κ1) is 13.3. The number of phenolic OH excluding ortho intramolecular Hbond substituents is 1. The molecule has 1 aromatic carbocycles. The topological polar surface area (TPSA) is 78.4 Å². The van der Waals surface area contributed by atoms with Gasteiger partial charge in [0.15, 0.2) is 0 Å². The number of carbonyl (C=O) groups excluding carboxylic acids is 2. The standard InChI is InChI=1S/C11H13ClN2O3/c1-13-10(16)4-5-14-11(17)8-3-2-7(12)6-9(8)15/h2-3,6,15H,4-5H2,1H3,(H,13,16)(H,14,17). The number of phenols is 1. The molecule has 6 heteroatoms. The molecule has 0 fully saturated rings. The van der Waals surface area contributed by atoms with Gasteiger partial charge < -0.3 is 15.7 Å². The number of halogens is 1. The molecule has 0 radical (unpaired) electrons. The lowest BCUT2D eigenvalue weighted by Crippen LogP contribution is -2.29. The molecule has 92 valence electrons. The fourth-order valence-corrected chi connectivity index (χ4v) is 1.37. The SMILES string of the molecule is CNC(=O)CCNC(=O)c1ccc(Cl)cc1O. The molecule has 5 nitrogen and oxygen atoms in total. The van der Waals surface area contributed by atoms with Crippen LogP contribution in [0.15, 0.2) is 18.2 Å². The quantitative estimate of drug-likeness (QED) is 0.749. The second-order valence-corrected chi connectivity index (χ2v) is 3.78. The molecule has 0 atom stereocenters. The molecule has 0 heterocycles. The van der Waals surface area contributed by atoms with Gasteiger partial charge in [-0.15, -0.1) is 0 Å². The van der Waals surface area contributed by atoms with Gasteiger partial charge in [-0.1, -0.05) is 11.6 Å². The van der Waals surface area contributed by atoms with Crippen LogP contribution in [0.25, 0.3) is 0 Å². The van der Waals surface area contributed by atoms with E-state index in [1.165, 1.54) is 25.2 Å². The summed E-state index contributed by atoms with van der Waals surface area (Å²) in [7, 11) is 1.52. The third-order valence-corrected chi connectivity index (χ3v) is 2.36. The number of aromatic hydroxyl groups is 1. The molecule has 0 unspecified atom stereocenters. The van der Waals surface area contributed by atoms with Gasteiger partial charge in [-0.3, -0.25) is 9.59 Å². The molecule has 0 saturated carbocycles. The Balaban J connectivity index is 2.55. The smallest absolute Gasteiger partial charge is 0.255 e. The second-order valence-electron chi connectivity index (χ2n) is 3.34. The zero-order chi connectivity index (χ0) is 12.8. The van der Waals surface area contributed by atoms with Crippen molar-refractivity contribution in [1.29, 1.82) is 0 Å². The minimum absolute atomic E-state index is 0.131. The summed E-state index contributed by atoms with van der Waals surface area (Å²) < 4.78 is 0. The van der Waals surface area contributed by atoms with Crippen molar-refractivity contribution in [3.63, 3.8) is 0 Å². The van der Waals surface area contributed by atoms with Crippen LogP contribution in [0.4, 0.5) is 0 Å². The van der Waals surface area contributed by atoms with E-state index in [1.807, 2.05) is 0 Å². The van der Waals surface area contributed by atoms with Crippen molar-refractivity contribution in [2.45, 2.75) is 6.42 Å². The highest BCUT2D eigenvalue weighted by atomic mass is 35.5. The van der Waals surface area contributed by atoms with Crippen LogP contribution in [0, 0.1) is 0 Å². The van der Waals surface area contributed by atoms with E-state index in [0.29, 0.717) is 5.02 Å². The maximum atomic E-state index is 11.6. The van der Waals surface area contributed by atoms with Crippen LogP contribution in [-0.2, 0) is 4.79 Å². The fourth-order valence-electron chi connectivity index (χ4n) is 1.21. The van der Waals surface area contributed by atoms with Gasteiger partial charge in [0.25, 0.3) is 5.91 Å². The highest BCUT2D eigenvalue weighted by Gasteiger charge is 2.11. The van der Waals surface area contributed by atoms with Gasteiger partial charge in [-0.25, -0.2) is 0 Å². The third kappa shape index (κ3) is 3.96. The number of hydrogen-bond acceptors (Lipinski definition) is 3. The van der Waals surface area contributed by atoms with Gasteiger partial charge in [0.2, 0.25) is 5.91 Å². The van der Waals surface area contributed by atoms with E-state index >= 15 is 0 Å². The van der Waals surface area contributed by atoms with Crippen LogP contribution in [0.3, 0.4) is 0 Å². The molecule has 0 saturated heterocycles. The predicted octanol–water partition coefficient (Wildman–Crippen LogP) is 0.911. The van der Waals surface area contributed by atoms with Crippen LogP contribution in [-0.4, -0.2) is 30.5 Å². The monoisotopic (exact) mass is 256 g/mol. The van der Waals surface area contributed by atoms with Gasteiger partial charge in [0, 0.05) is 25.0 Å². The van der Waals surface area contributed by atoms with E-state index in [-0.39, 0.29) is 30.2 Å². The number of nitrogens with one attached hydrogen (secondary N) is 2. The van der Waals surface area contributed by atoms with Gasteiger partial charge >= 0.3 is 0 Å². The minimum Gasteiger partial charge on any atom is -0.507 e. The maximum absolute atomic E-state index is 11.6. The molecule has 1 aromatic rings. The largest absolute Gasteiger partial charge is 0.507 e. The lowest BCUT2D eigenvalue weighted by atomic mass is 10.2. The number of rotatable bonds is 4. The number of amides is 2. The Labute approximate surface area is 104 Å². The molecule has 0 aliphatic carbocycles. The van der Waals surface area contributed by atoms with E-state index < -0.39 is 5.91 Å². The van der Waals surface area contributed by atoms with Crippen molar-refractivity contribution in [3.05, 3.63) is 28.8 Å². The summed E-state index contributed by atoms with van der Waals surface area (Å²) in [6, 6.07) is 4.22. The summed E-state index contributed by atoms with van der Waals surface area (Å²) in [5.41, 5.74) is 0.131. The van der Waals surface area contributed by atoms with Gasteiger partial charge in [0.05, 0.1) is 5.56 Å². The average molecular weight is 257 g/mol. The van der Waals surface area contributed by atoms with Crippen molar-refractivity contribution >= 4 is 23.4 Å². The molecule has 0 spiro atoms. The summed E-state index contributed by atoms with van der Waals surface area (Å²) in [6.07, 6.45) is 0.191. The van der Waals surface area contributed by atoms with Crippen molar-refractivity contribution < 1.29 is 14.7 Å². The minimum atomic E-state index is -0.442. The molecule has 2 amide bonds. The first-order chi connectivity index (χ1) is 8.04. The molecule has 0 aromatic heterocycles. The fraction of sp³-hybridized carbons (Fsp3) is 0.273. The van der Waals surface area contributed by atoms with Crippen molar-refractivity contribution in [1.82, 2.24) is 10.6 Å². The van der Waals surface area contributed by atoms with Crippen molar-refractivity contribution in [3.8, 4) is 5.75 Å². The first-order valence-corrected chi connectivity index (χ1v) is 5.39. The molecule has 0 aliphatic heterocycles. The van der Waals surface area contributed by atoms with Crippen LogP contribution < -0.4 is 10.6 Å². The normalized spacial score (nSPS) is 9.76. The second kappa shape index (κ2) is 6.10. The summed E-state index contributed by atoms with van der Waals surface area (Å²) in [6.45, 7) is 0.209. The Hall–Kier alpha value is -1.75. The Morgan fingerprint density at radius 3 is 2.71 bits per heavy atom. The third-order valence-electron chi connectivity index (χ3n) is 2.12. The van der Waals surface area contributed by atoms with Crippen molar-refractivity contribution in [2.24, 2.45) is 0 Å². The zero-order valence-corrected chi connectivity index (χ0v) is 10.0. The summed E-state index contributed by atoms with van der Waals surface area (Å²) in [4.78, 5) is 22.5.